The van der Waals surface area contributed by atoms with Crippen molar-refractivity contribution >= 4 is 17.5 Å². The van der Waals surface area contributed by atoms with Crippen molar-refractivity contribution in [3.63, 3.8) is 0 Å². The summed E-state index contributed by atoms with van der Waals surface area (Å²) in [6.45, 7) is 0.789. The molecule has 0 amide bonds. The van der Waals surface area contributed by atoms with E-state index in [0.717, 1.165) is 6.54 Å². The number of nitrogen functional groups attached to an aromatic ring is 1. The average Bonchev–Trinajstić information content (AvgIpc) is 2.17. The zero-order valence-corrected chi connectivity index (χ0v) is 8.94. The second-order valence-corrected chi connectivity index (χ2v) is 4.15. The topological polar surface area (TPSA) is 88.2 Å². The Morgan fingerprint density at radius 2 is 2.38 bits per heavy atom. The largest absolute Gasteiger partial charge is 0.478 e. The lowest BCUT2D eigenvalue weighted by atomic mass is 9.85. The predicted molar refractivity (Wildman–Crippen MR) is 61.4 cm³/mol. The second kappa shape index (κ2) is 4.38. The van der Waals surface area contributed by atoms with E-state index < -0.39 is 5.97 Å². The van der Waals surface area contributed by atoms with Crippen molar-refractivity contribution in [1.29, 1.82) is 0 Å². The van der Waals surface area contributed by atoms with E-state index in [1.54, 1.807) is 0 Å². The minimum Gasteiger partial charge on any atom is -0.478 e. The number of hydrogen-bond donors (Lipinski definition) is 3. The second-order valence-electron chi connectivity index (χ2n) is 4.15. The lowest BCUT2D eigenvalue weighted by Crippen LogP contribution is -2.22. The van der Waals surface area contributed by atoms with Crippen LogP contribution in [-0.2, 0) is 0 Å². The van der Waals surface area contributed by atoms with Crippen LogP contribution in [0.3, 0.4) is 0 Å². The molecule has 1 fully saturated rings. The Bertz CT molecular complexity index is 402. The highest BCUT2D eigenvalue weighted by Crippen LogP contribution is 2.26. The Balaban J connectivity index is 2.08. The Labute approximate surface area is 93.7 Å². The third kappa shape index (κ3) is 2.24. The van der Waals surface area contributed by atoms with Gasteiger partial charge in [-0.1, -0.05) is 6.42 Å². The minimum absolute atomic E-state index is 0.138. The maximum atomic E-state index is 11.0. The van der Waals surface area contributed by atoms with Crippen LogP contribution in [0.2, 0.25) is 0 Å². The van der Waals surface area contributed by atoms with E-state index in [4.69, 9.17) is 10.8 Å². The van der Waals surface area contributed by atoms with Gasteiger partial charge in [-0.25, -0.2) is 9.78 Å². The molecule has 2 rings (SSSR count). The zero-order chi connectivity index (χ0) is 11.5. The van der Waals surface area contributed by atoms with Gasteiger partial charge in [0, 0.05) is 6.54 Å². The first-order valence-electron chi connectivity index (χ1n) is 5.39. The molecule has 0 bridgehead atoms. The van der Waals surface area contributed by atoms with Gasteiger partial charge < -0.3 is 16.2 Å². The molecule has 0 radical (unpaired) electrons. The van der Waals surface area contributed by atoms with Crippen molar-refractivity contribution in [3.8, 4) is 0 Å². The Morgan fingerprint density at radius 1 is 1.62 bits per heavy atom. The molecule has 86 valence electrons. The van der Waals surface area contributed by atoms with Crippen molar-refractivity contribution < 1.29 is 9.90 Å². The Morgan fingerprint density at radius 3 is 2.94 bits per heavy atom. The monoisotopic (exact) mass is 221 g/mol. The number of pyridine rings is 1. The van der Waals surface area contributed by atoms with Gasteiger partial charge in [0.1, 0.15) is 11.4 Å². The number of nitrogens with zero attached hydrogens (tertiary/aromatic N) is 1. The summed E-state index contributed by atoms with van der Waals surface area (Å²) >= 11 is 0. The molecule has 1 aliphatic carbocycles. The van der Waals surface area contributed by atoms with Crippen LogP contribution in [0.5, 0.6) is 0 Å². The summed E-state index contributed by atoms with van der Waals surface area (Å²) in [6, 6.07) is 1.43. The van der Waals surface area contributed by atoms with Crippen LogP contribution >= 0.6 is 0 Å². The molecule has 0 unspecified atom stereocenters. The van der Waals surface area contributed by atoms with Gasteiger partial charge in [-0.3, -0.25) is 0 Å². The van der Waals surface area contributed by atoms with E-state index in [2.05, 4.69) is 10.3 Å². The van der Waals surface area contributed by atoms with E-state index in [1.807, 2.05) is 0 Å². The van der Waals surface area contributed by atoms with Gasteiger partial charge in [-0.2, -0.15) is 0 Å². The van der Waals surface area contributed by atoms with Crippen LogP contribution in [0.1, 0.15) is 29.6 Å². The molecule has 1 aromatic rings. The summed E-state index contributed by atoms with van der Waals surface area (Å²) < 4.78 is 0. The van der Waals surface area contributed by atoms with E-state index in [9.17, 15) is 4.79 Å². The molecule has 5 nitrogen and oxygen atoms in total. The summed E-state index contributed by atoms with van der Waals surface area (Å²) in [5.74, 6) is 0.0607. The normalized spacial score (nSPS) is 15.5. The SMILES string of the molecule is Nc1cnc(NCC2CCC2)c(C(=O)O)c1. The molecule has 0 atom stereocenters. The molecule has 0 saturated heterocycles. The number of rotatable bonds is 4. The van der Waals surface area contributed by atoms with E-state index in [0.29, 0.717) is 17.4 Å². The van der Waals surface area contributed by atoms with Crippen LogP contribution in [0.25, 0.3) is 0 Å². The van der Waals surface area contributed by atoms with Crippen LogP contribution in [-0.4, -0.2) is 22.6 Å². The van der Waals surface area contributed by atoms with Crippen molar-refractivity contribution in [2.24, 2.45) is 5.92 Å². The highest BCUT2D eigenvalue weighted by atomic mass is 16.4. The van der Waals surface area contributed by atoms with Crippen LogP contribution in [0.15, 0.2) is 12.3 Å². The summed E-state index contributed by atoms with van der Waals surface area (Å²) in [5.41, 5.74) is 6.01. The number of anilines is 2. The number of nitrogens with two attached hydrogens (primary N) is 1. The standard InChI is InChI=1S/C11H15N3O2/c12-8-4-9(11(15)16)10(14-6-8)13-5-7-2-1-3-7/h4,6-7H,1-3,5,12H2,(H,13,14)(H,15,16). The smallest absolute Gasteiger partial charge is 0.339 e. The molecule has 0 spiro atoms. The molecule has 1 saturated carbocycles. The third-order valence-electron chi connectivity index (χ3n) is 2.92. The van der Waals surface area contributed by atoms with Gasteiger partial charge in [-0.05, 0) is 24.8 Å². The van der Waals surface area contributed by atoms with Crippen LogP contribution in [0, 0.1) is 5.92 Å². The van der Waals surface area contributed by atoms with Crippen molar-refractivity contribution in [3.05, 3.63) is 17.8 Å². The fourth-order valence-corrected chi connectivity index (χ4v) is 1.72. The Kier molecular flexibility index (Phi) is 2.94. The molecule has 1 heterocycles. The van der Waals surface area contributed by atoms with E-state index in [-0.39, 0.29) is 5.56 Å². The fraction of sp³-hybridized carbons (Fsp3) is 0.455. The van der Waals surface area contributed by atoms with Gasteiger partial charge in [0.25, 0.3) is 0 Å². The summed E-state index contributed by atoms with van der Waals surface area (Å²) in [4.78, 5) is 15.0. The predicted octanol–water partition coefficient (Wildman–Crippen LogP) is 1.57. The summed E-state index contributed by atoms with van der Waals surface area (Å²) in [5, 5.41) is 12.1. The number of nitrogens with one attached hydrogen (secondary N) is 1. The molecule has 1 aromatic heterocycles. The lowest BCUT2D eigenvalue weighted by molar-refractivity contribution is 0.0697. The molecule has 0 aromatic carbocycles. The fourth-order valence-electron chi connectivity index (χ4n) is 1.72. The van der Waals surface area contributed by atoms with Crippen molar-refractivity contribution in [2.45, 2.75) is 19.3 Å². The van der Waals surface area contributed by atoms with Crippen molar-refractivity contribution in [1.82, 2.24) is 4.98 Å². The highest BCUT2D eigenvalue weighted by Gasteiger charge is 2.18. The Hall–Kier alpha value is -1.78. The first-order valence-corrected chi connectivity index (χ1v) is 5.39. The number of aromatic nitrogens is 1. The molecular formula is C11H15N3O2. The first kappa shape index (κ1) is 10.7. The summed E-state index contributed by atoms with van der Waals surface area (Å²) in [7, 11) is 0. The van der Waals surface area contributed by atoms with Crippen molar-refractivity contribution in [2.75, 3.05) is 17.6 Å². The molecule has 0 aliphatic heterocycles. The minimum atomic E-state index is -1.00. The summed E-state index contributed by atoms with van der Waals surface area (Å²) in [6.07, 6.45) is 5.16. The first-order chi connectivity index (χ1) is 7.66. The molecule has 4 N–H and O–H groups in total. The maximum Gasteiger partial charge on any atom is 0.339 e. The van der Waals surface area contributed by atoms with Gasteiger partial charge in [0.15, 0.2) is 0 Å². The van der Waals surface area contributed by atoms with Crippen LogP contribution in [0.4, 0.5) is 11.5 Å². The van der Waals surface area contributed by atoms with Gasteiger partial charge in [0.05, 0.1) is 11.9 Å². The van der Waals surface area contributed by atoms with Gasteiger partial charge in [-0.15, -0.1) is 0 Å². The molecule has 5 heteroatoms. The highest BCUT2D eigenvalue weighted by molar-refractivity contribution is 5.94. The average molecular weight is 221 g/mol. The number of carboxylic acid groups (broad SMARTS) is 1. The number of hydrogen-bond acceptors (Lipinski definition) is 4. The van der Waals surface area contributed by atoms with E-state index >= 15 is 0 Å². The van der Waals surface area contributed by atoms with Gasteiger partial charge in [0.2, 0.25) is 0 Å². The number of aromatic carboxylic acids is 1. The molecular weight excluding hydrogens is 206 g/mol. The lowest BCUT2D eigenvalue weighted by Gasteiger charge is -2.25. The third-order valence-corrected chi connectivity index (χ3v) is 2.92. The maximum absolute atomic E-state index is 11.0. The zero-order valence-electron chi connectivity index (χ0n) is 8.94. The quantitative estimate of drug-likeness (QED) is 0.718. The van der Waals surface area contributed by atoms with Crippen LogP contribution < -0.4 is 11.1 Å². The number of carbonyl (C=O) groups is 1. The molecule has 16 heavy (non-hydrogen) atoms. The van der Waals surface area contributed by atoms with Gasteiger partial charge >= 0.3 is 5.97 Å². The number of carboxylic acids is 1. The van der Waals surface area contributed by atoms with E-state index in [1.165, 1.54) is 31.5 Å². The molecule has 1 aliphatic rings.